The molecule has 124 valence electrons. The number of nitrogens with one attached hydrogen (secondary N) is 1. The van der Waals surface area contributed by atoms with Crippen molar-refractivity contribution in [2.45, 2.75) is 13.8 Å². The molecule has 2 N–H and O–H groups in total. The van der Waals surface area contributed by atoms with Crippen LogP contribution in [0.4, 0.5) is 5.69 Å². The van der Waals surface area contributed by atoms with Crippen molar-refractivity contribution in [2.24, 2.45) is 5.10 Å². The Kier molecular flexibility index (Phi) is 4.73. The van der Waals surface area contributed by atoms with Crippen LogP contribution in [0, 0.1) is 17.0 Å². The molecule has 0 fully saturated rings. The van der Waals surface area contributed by atoms with Gasteiger partial charge < -0.3 is 9.52 Å². The number of hydrogen-bond acceptors (Lipinski definition) is 7. The van der Waals surface area contributed by atoms with Gasteiger partial charge in [0.25, 0.3) is 11.6 Å². The van der Waals surface area contributed by atoms with Gasteiger partial charge in [0.2, 0.25) is 0 Å². The highest BCUT2D eigenvalue weighted by Crippen LogP contribution is 2.18. The van der Waals surface area contributed by atoms with E-state index in [1.165, 1.54) is 44.2 Å². The number of hydrazone groups is 1. The predicted octanol–water partition coefficient (Wildman–Crippen LogP) is 1.72. The summed E-state index contributed by atoms with van der Waals surface area (Å²) in [5.74, 6) is -0.944. The summed E-state index contributed by atoms with van der Waals surface area (Å²) in [6, 6.07) is 6.60. The molecular formula is C15H13N3O6. The molecule has 1 aromatic carbocycles. The largest absolute Gasteiger partial charge is 0.507 e. The summed E-state index contributed by atoms with van der Waals surface area (Å²) in [5.41, 5.74) is 0.536. The molecule has 9 heteroatoms. The maximum absolute atomic E-state index is 12.0. The van der Waals surface area contributed by atoms with Crippen LogP contribution in [0.3, 0.4) is 0 Å². The van der Waals surface area contributed by atoms with E-state index in [1.807, 2.05) is 0 Å². The van der Waals surface area contributed by atoms with Crippen molar-refractivity contribution in [2.75, 3.05) is 0 Å². The molecule has 1 amide bonds. The van der Waals surface area contributed by atoms with Crippen molar-refractivity contribution in [3.8, 4) is 5.75 Å². The lowest BCUT2D eigenvalue weighted by Crippen LogP contribution is -2.22. The molecule has 1 aromatic heterocycles. The molecule has 0 unspecified atom stereocenters. The van der Waals surface area contributed by atoms with Crippen molar-refractivity contribution in [3.63, 3.8) is 0 Å². The summed E-state index contributed by atoms with van der Waals surface area (Å²) >= 11 is 0. The quantitative estimate of drug-likeness (QED) is 0.497. The van der Waals surface area contributed by atoms with Gasteiger partial charge in [-0.1, -0.05) is 12.1 Å². The summed E-state index contributed by atoms with van der Waals surface area (Å²) in [4.78, 5) is 34.0. The molecule has 1 heterocycles. The van der Waals surface area contributed by atoms with E-state index in [4.69, 9.17) is 4.42 Å². The third-order valence-corrected chi connectivity index (χ3v) is 3.09. The van der Waals surface area contributed by atoms with E-state index in [1.54, 1.807) is 0 Å². The SMILES string of the molecule is CC(=NNC(=O)c1ccccc1[N+](=O)[O-])c1c(O)cc(C)oc1=O. The van der Waals surface area contributed by atoms with Gasteiger partial charge in [-0.25, -0.2) is 10.2 Å². The molecule has 0 aliphatic heterocycles. The number of rotatable bonds is 4. The molecular weight excluding hydrogens is 318 g/mol. The molecule has 0 radical (unpaired) electrons. The smallest absolute Gasteiger partial charge is 0.348 e. The van der Waals surface area contributed by atoms with E-state index < -0.39 is 16.5 Å². The standard InChI is InChI=1S/C15H13N3O6/c1-8-7-12(19)13(15(21)24-8)9(2)16-17-14(20)10-5-3-4-6-11(10)18(22)23/h3-7,19H,1-2H3,(H,17,20). The average molecular weight is 331 g/mol. The first-order valence-corrected chi connectivity index (χ1v) is 6.73. The predicted molar refractivity (Wildman–Crippen MR) is 84.2 cm³/mol. The van der Waals surface area contributed by atoms with Gasteiger partial charge in [0.1, 0.15) is 22.6 Å². The third-order valence-electron chi connectivity index (χ3n) is 3.09. The summed E-state index contributed by atoms with van der Waals surface area (Å²) in [6.45, 7) is 2.87. The molecule has 0 bridgehead atoms. The van der Waals surface area contributed by atoms with E-state index in [0.717, 1.165) is 0 Å². The van der Waals surface area contributed by atoms with Crippen molar-refractivity contribution in [1.82, 2.24) is 5.43 Å². The minimum absolute atomic E-state index is 0.00631. The Morgan fingerprint density at radius 3 is 2.67 bits per heavy atom. The van der Waals surface area contributed by atoms with E-state index in [0.29, 0.717) is 0 Å². The lowest BCUT2D eigenvalue weighted by Gasteiger charge is -2.05. The molecule has 0 aliphatic rings. The molecule has 0 atom stereocenters. The number of nitro benzene ring substituents is 1. The summed E-state index contributed by atoms with van der Waals surface area (Å²) in [5, 5.41) is 24.4. The van der Waals surface area contributed by atoms with Gasteiger partial charge in [-0.2, -0.15) is 5.10 Å². The van der Waals surface area contributed by atoms with Crippen molar-refractivity contribution >= 4 is 17.3 Å². The average Bonchev–Trinajstić information content (AvgIpc) is 2.51. The lowest BCUT2D eigenvalue weighted by molar-refractivity contribution is -0.385. The monoisotopic (exact) mass is 331 g/mol. The first kappa shape index (κ1) is 16.9. The molecule has 2 rings (SSSR count). The minimum atomic E-state index is -0.822. The second-order valence-corrected chi connectivity index (χ2v) is 4.82. The van der Waals surface area contributed by atoms with E-state index in [9.17, 15) is 24.8 Å². The Morgan fingerprint density at radius 2 is 2.04 bits per heavy atom. The Balaban J connectivity index is 2.30. The van der Waals surface area contributed by atoms with Gasteiger partial charge in [-0.15, -0.1) is 0 Å². The van der Waals surface area contributed by atoms with Crippen LogP contribution in [0.15, 0.2) is 44.6 Å². The van der Waals surface area contributed by atoms with E-state index >= 15 is 0 Å². The Hall–Kier alpha value is -3.49. The van der Waals surface area contributed by atoms with Crippen LogP contribution >= 0.6 is 0 Å². The highest BCUT2D eigenvalue weighted by atomic mass is 16.6. The number of nitrogens with zero attached hydrogens (tertiary/aromatic N) is 2. The Labute approximate surface area is 135 Å². The van der Waals surface area contributed by atoms with Gasteiger partial charge in [0.05, 0.1) is 10.6 Å². The summed E-state index contributed by atoms with van der Waals surface area (Å²) in [7, 11) is 0. The lowest BCUT2D eigenvalue weighted by atomic mass is 10.1. The molecule has 24 heavy (non-hydrogen) atoms. The number of aromatic hydroxyl groups is 1. The highest BCUT2D eigenvalue weighted by molar-refractivity contribution is 6.03. The number of carbonyl (C=O) groups excluding carboxylic acids is 1. The second-order valence-electron chi connectivity index (χ2n) is 4.82. The summed E-state index contributed by atoms with van der Waals surface area (Å²) in [6.07, 6.45) is 0. The zero-order valence-electron chi connectivity index (χ0n) is 12.8. The van der Waals surface area contributed by atoms with Crippen LogP contribution in [0.2, 0.25) is 0 Å². The number of aryl methyl sites for hydroxylation is 1. The van der Waals surface area contributed by atoms with Crippen LogP contribution in [-0.4, -0.2) is 21.6 Å². The second kappa shape index (κ2) is 6.73. The summed E-state index contributed by atoms with van der Waals surface area (Å²) < 4.78 is 4.85. The number of amides is 1. The molecule has 0 spiro atoms. The van der Waals surface area contributed by atoms with E-state index in [-0.39, 0.29) is 34.0 Å². The first-order chi connectivity index (χ1) is 11.3. The van der Waals surface area contributed by atoms with Gasteiger partial charge in [0, 0.05) is 12.1 Å². The van der Waals surface area contributed by atoms with Crippen molar-refractivity contribution < 1.29 is 19.2 Å². The number of hydrogen-bond donors (Lipinski definition) is 2. The van der Waals surface area contributed by atoms with Crippen molar-refractivity contribution in [1.29, 1.82) is 0 Å². The Bertz CT molecular complexity index is 900. The molecule has 0 saturated heterocycles. The molecule has 0 saturated carbocycles. The van der Waals surface area contributed by atoms with Crippen LogP contribution in [0.25, 0.3) is 0 Å². The first-order valence-electron chi connectivity index (χ1n) is 6.73. The van der Waals surface area contributed by atoms with E-state index in [2.05, 4.69) is 10.5 Å². The normalized spacial score (nSPS) is 11.2. The molecule has 2 aromatic rings. The van der Waals surface area contributed by atoms with Gasteiger partial charge >= 0.3 is 5.63 Å². The fourth-order valence-corrected chi connectivity index (χ4v) is 2.00. The highest BCUT2D eigenvalue weighted by Gasteiger charge is 2.19. The minimum Gasteiger partial charge on any atom is -0.507 e. The third kappa shape index (κ3) is 3.46. The Morgan fingerprint density at radius 1 is 1.38 bits per heavy atom. The van der Waals surface area contributed by atoms with Crippen LogP contribution in [0.5, 0.6) is 5.75 Å². The molecule has 0 aliphatic carbocycles. The van der Waals surface area contributed by atoms with Gasteiger partial charge in [-0.05, 0) is 19.9 Å². The van der Waals surface area contributed by atoms with Crippen LogP contribution in [-0.2, 0) is 0 Å². The zero-order valence-corrected chi connectivity index (χ0v) is 12.8. The van der Waals surface area contributed by atoms with Crippen LogP contribution < -0.4 is 11.1 Å². The van der Waals surface area contributed by atoms with Crippen LogP contribution in [0.1, 0.15) is 28.6 Å². The topological polar surface area (TPSA) is 135 Å². The number of nitro groups is 1. The fourth-order valence-electron chi connectivity index (χ4n) is 2.00. The molecule has 9 nitrogen and oxygen atoms in total. The number of carbonyl (C=O) groups is 1. The zero-order chi connectivity index (χ0) is 17.9. The van der Waals surface area contributed by atoms with Crippen molar-refractivity contribution in [3.05, 3.63) is 67.8 Å². The number of para-hydroxylation sites is 1. The maximum atomic E-state index is 12.0. The van der Waals surface area contributed by atoms with Gasteiger partial charge in [0.15, 0.2) is 0 Å². The number of benzene rings is 1. The van der Waals surface area contributed by atoms with Gasteiger partial charge in [-0.3, -0.25) is 14.9 Å². The fraction of sp³-hybridized carbons (Fsp3) is 0.133. The maximum Gasteiger partial charge on any atom is 0.348 e.